The lowest BCUT2D eigenvalue weighted by molar-refractivity contribution is -0.118. The van der Waals surface area contributed by atoms with Crippen molar-refractivity contribution in [1.82, 2.24) is 5.32 Å². The zero-order valence-electron chi connectivity index (χ0n) is 16.7. The molecular weight excluding hydrogens is 396 g/mol. The van der Waals surface area contributed by atoms with Crippen LogP contribution >= 0.6 is 11.3 Å². The first kappa shape index (κ1) is 20.2. The van der Waals surface area contributed by atoms with Crippen LogP contribution in [0, 0.1) is 0 Å². The quantitative estimate of drug-likeness (QED) is 0.544. The topological polar surface area (TPSA) is 67.4 Å². The number of aryl methyl sites for hydroxylation is 1. The van der Waals surface area contributed by atoms with Crippen molar-refractivity contribution in [3.8, 4) is 5.75 Å². The van der Waals surface area contributed by atoms with Crippen LogP contribution < -0.4 is 15.4 Å². The molecule has 1 heterocycles. The number of carbonyl (C=O) groups excluding carboxylic acids is 2. The maximum absolute atomic E-state index is 12.7. The van der Waals surface area contributed by atoms with Crippen molar-refractivity contribution in [1.29, 1.82) is 0 Å². The first-order chi connectivity index (χ1) is 14.7. The van der Waals surface area contributed by atoms with Crippen molar-refractivity contribution in [2.24, 2.45) is 0 Å². The summed E-state index contributed by atoms with van der Waals surface area (Å²) in [6, 6.07) is 13.7. The fraction of sp³-hybridized carbons (Fsp3) is 0.250. The first-order valence-electron chi connectivity index (χ1n) is 10.1. The Hall–Kier alpha value is -3.12. The second-order valence-electron chi connectivity index (χ2n) is 7.23. The number of hydrogen-bond donors (Lipinski definition) is 2. The smallest absolute Gasteiger partial charge is 0.262 e. The van der Waals surface area contributed by atoms with Gasteiger partial charge in [-0.15, -0.1) is 17.9 Å². The number of hydrogen-bond acceptors (Lipinski definition) is 4. The second kappa shape index (κ2) is 9.13. The van der Waals surface area contributed by atoms with Crippen LogP contribution in [0.2, 0.25) is 0 Å². The Kier molecular flexibility index (Phi) is 6.14. The third-order valence-corrected chi connectivity index (χ3v) is 6.37. The van der Waals surface area contributed by atoms with Gasteiger partial charge in [0.25, 0.3) is 11.8 Å². The molecule has 1 aliphatic carbocycles. The molecule has 0 saturated carbocycles. The monoisotopic (exact) mass is 420 g/mol. The second-order valence-corrected chi connectivity index (χ2v) is 8.33. The molecule has 1 aromatic heterocycles. The molecule has 0 atom stereocenters. The molecule has 0 aliphatic heterocycles. The van der Waals surface area contributed by atoms with Gasteiger partial charge in [-0.25, -0.2) is 0 Å². The van der Waals surface area contributed by atoms with Crippen LogP contribution in [0.1, 0.15) is 33.6 Å². The van der Waals surface area contributed by atoms with Crippen LogP contribution in [0.25, 0.3) is 10.8 Å². The molecular formula is C24H24N2O3S. The van der Waals surface area contributed by atoms with Crippen molar-refractivity contribution in [3.05, 3.63) is 71.1 Å². The van der Waals surface area contributed by atoms with Crippen molar-refractivity contribution in [2.75, 3.05) is 18.5 Å². The standard InChI is InChI=1S/C24H24N2O3S/c1-2-14-25-23(28)22-18-11-5-6-13-20(18)30-24(22)26-21(27)15-29-19-12-7-9-16-8-3-4-10-17(16)19/h2-4,7-10,12H,1,5-6,11,13-15H2,(H,25,28)(H,26,27). The van der Waals surface area contributed by atoms with E-state index in [2.05, 4.69) is 17.2 Å². The zero-order chi connectivity index (χ0) is 20.9. The molecule has 0 unspecified atom stereocenters. The summed E-state index contributed by atoms with van der Waals surface area (Å²) in [7, 11) is 0. The minimum atomic E-state index is -0.278. The number of nitrogens with one attached hydrogen (secondary N) is 2. The summed E-state index contributed by atoms with van der Waals surface area (Å²) in [5.74, 6) is 0.219. The summed E-state index contributed by atoms with van der Waals surface area (Å²) in [5.41, 5.74) is 1.66. The van der Waals surface area contributed by atoms with E-state index in [1.165, 1.54) is 16.2 Å². The normalized spacial score (nSPS) is 12.8. The summed E-state index contributed by atoms with van der Waals surface area (Å²) in [6.07, 6.45) is 5.63. The minimum Gasteiger partial charge on any atom is -0.483 e. The van der Waals surface area contributed by atoms with Gasteiger partial charge in [-0.2, -0.15) is 0 Å². The van der Waals surface area contributed by atoms with Crippen LogP contribution in [-0.4, -0.2) is 25.0 Å². The van der Waals surface area contributed by atoms with E-state index in [9.17, 15) is 9.59 Å². The third kappa shape index (κ3) is 4.24. The van der Waals surface area contributed by atoms with Gasteiger partial charge in [-0.05, 0) is 42.7 Å². The van der Waals surface area contributed by atoms with Gasteiger partial charge in [-0.3, -0.25) is 9.59 Å². The minimum absolute atomic E-state index is 0.121. The molecule has 30 heavy (non-hydrogen) atoms. The van der Waals surface area contributed by atoms with Crippen LogP contribution in [0.5, 0.6) is 5.75 Å². The first-order valence-corrected chi connectivity index (χ1v) is 10.9. The number of amides is 2. The van der Waals surface area contributed by atoms with E-state index < -0.39 is 0 Å². The molecule has 5 nitrogen and oxygen atoms in total. The fourth-order valence-corrected chi connectivity index (χ4v) is 5.08. The Morgan fingerprint density at radius 1 is 1.10 bits per heavy atom. The molecule has 0 fully saturated rings. The Bertz CT molecular complexity index is 1100. The van der Waals surface area contributed by atoms with Crippen LogP contribution in [0.4, 0.5) is 5.00 Å². The summed E-state index contributed by atoms with van der Waals surface area (Å²) in [6.45, 7) is 3.92. The molecule has 1 aliphatic rings. The molecule has 6 heteroatoms. The molecule has 0 spiro atoms. The number of rotatable bonds is 7. The Balaban J connectivity index is 1.50. The van der Waals surface area contributed by atoms with Crippen LogP contribution in [-0.2, 0) is 17.6 Å². The maximum Gasteiger partial charge on any atom is 0.262 e. The number of fused-ring (bicyclic) bond motifs is 2. The van der Waals surface area contributed by atoms with E-state index in [-0.39, 0.29) is 18.4 Å². The predicted octanol–water partition coefficient (Wildman–Crippen LogP) is 4.71. The highest BCUT2D eigenvalue weighted by atomic mass is 32.1. The largest absolute Gasteiger partial charge is 0.483 e. The average Bonchev–Trinajstić information content (AvgIpc) is 3.13. The van der Waals surface area contributed by atoms with Gasteiger partial charge in [0.2, 0.25) is 0 Å². The van der Waals surface area contributed by atoms with Gasteiger partial charge in [0.15, 0.2) is 6.61 Å². The molecule has 0 saturated heterocycles. The molecule has 2 N–H and O–H groups in total. The highest BCUT2D eigenvalue weighted by Crippen LogP contribution is 2.38. The van der Waals surface area contributed by atoms with Crippen LogP contribution in [0.3, 0.4) is 0 Å². The Morgan fingerprint density at radius 2 is 1.90 bits per heavy atom. The highest BCUT2D eigenvalue weighted by molar-refractivity contribution is 7.17. The van der Waals surface area contributed by atoms with Crippen molar-refractivity contribution in [3.63, 3.8) is 0 Å². The van der Waals surface area contributed by atoms with Crippen LogP contribution in [0.15, 0.2) is 55.1 Å². The van der Waals surface area contributed by atoms with E-state index >= 15 is 0 Å². The molecule has 2 amide bonds. The SMILES string of the molecule is C=CCNC(=O)c1c(NC(=O)COc2cccc3ccccc23)sc2c1CCCC2. The summed E-state index contributed by atoms with van der Waals surface area (Å²) >= 11 is 1.50. The van der Waals surface area contributed by atoms with Gasteiger partial charge < -0.3 is 15.4 Å². The number of ether oxygens (including phenoxy) is 1. The molecule has 0 radical (unpaired) electrons. The molecule has 154 valence electrons. The summed E-state index contributed by atoms with van der Waals surface area (Å²) in [4.78, 5) is 26.6. The van der Waals surface area contributed by atoms with Gasteiger partial charge in [0.05, 0.1) is 5.56 Å². The van der Waals surface area contributed by atoms with Crippen molar-refractivity contribution < 1.29 is 14.3 Å². The zero-order valence-corrected chi connectivity index (χ0v) is 17.5. The average molecular weight is 421 g/mol. The van der Waals surface area contributed by atoms with Crippen molar-refractivity contribution >= 4 is 38.9 Å². The number of benzene rings is 2. The number of carbonyl (C=O) groups is 2. The summed E-state index contributed by atoms with van der Waals surface area (Å²) in [5, 5.41) is 8.38. The van der Waals surface area contributed by atoms with E-state index in [1.54, 1.807) is 6.08 Å². The van der Waals surface area contributed by atoms with Gasteiger partial charge in [0.1, 0.15) is 10.8 Å². The molecule has 0 bridgehead atoms. The fourth-order valence-electron chi connectivity index (χ4n) is 3.77. The lowest BCUT2D eigenvalue weighted by Gasteiger charge is -2.13. The van der Waals surface area contributed by atoms with E-state index in [4.69, 9.17) is 4.74 Å². The lowest BCUT2D eigenvalue weighted by atomic mass is 9.95. The molecule has 3 aromatic rings. The maximum atomic E-state index is 12.7. The van der Waals surface area contributed by atoms with E-state index in [0.717, 1.165) is 42.0 Å². The van der Waals surface area contributed by atoms with E-state index in [0.29, 0.717) is 22.9 Å². The highest BCUT2D eigenvalue weighted by Gasteiger charge is 2.26. The van der Waals surface area contributed by atoms with Crippen molar-refractivity contribution in [2.45, 2.75) is 25.7 Å². The Morgan fingerprint density at radius 3 is 2.77 bits per heavy atom. The predicted molar refractivity (Wildman–Crippen MR) is 122 cm³/mol. The Labute approximate surface area is 179 Å². The van der Waals surface area contributed by atoms with Gasteiger partial charge in [0, 0.05) is 16.8 Å². The summed E-state index contributed by atoms with van der Waals surface area (Å²) < 4.78 is 5.80. The molecule has 2 aromatic carbocycles. The van der Waals surface area contributed by atoms with Gasteiger partial charge >= 0.3 is 0 Å². The molecule has 4 rings (SSSR count). The third-order valence-electron chi connectivity index (χ3n) is 5.17. The lowest BCUT2D eigenvalue weighted by Crippen LogP contribution is -2.27. The number of anilines is 1. The number of thiophene rings is 1. The van der Waals surface area contributed by atoms with E-state index in [1.807, 2.05) is 42.5 Å². The van der Waals surface area contributed by atoms with Gasteiger partial charge in [-0.1, -0.05) is 42.5 Å².